The molecule has 0 spiro atoms. The first-order valence-electron chi connectivity index (χ1n) is 5.58. The van der Waals surface area contributed by atoms with Crippen molar-refractivity contribution in [2.45, 2.75) is 18.9 Å². The SMILES string of the molecule is CNC1CCN(c2c(F)cccc2Cl)CC1. The molecule has 16 heavy (non-hydrogen) atoms. The lowest BCUT2D eigenvalue weighted by molar-refractivity contribution is 0.439. The fourth-order valence-corrected chi connectivity index (χ4v) is 2.47. The van der Waals surface area contributed by atoms with Gasteiger partial charge in [-0.1, -0.05) is 17.7 Å². The molecule has 1 fully saturated rings. The second-order valence-corrected chi connectivity index (χ2v) is 4.53. The van der Waals surface area contributed by atoms with Crippen molar-refractivity contribution < 1.29 is 4.39 Å². The summed E-state index contributed by atoms with van der Waals surface area (Å²) in [6.45, 7) is 1.71. The van der Waals surface area contributed by atoms with Gasteiger partial charge in [0.1, 0.15) is 5.82 Å². The highest BCUT2D eigenvalue weighted by Gasteiger charge is 2.21. The predicted octanol–water partition coefficient (Wildman–Crippen LogP) is 2.67. The molecule has 1 N–H and O–H groups in total. The smallest absolute Gasteiger partial charge is 0.148 e. The first-order valence-corrected chi connectivity index (χ1v) is 5.96. The summed E-state index contributed by atoms with van der Waals surface area (Å²) in [5.74, 6) is -0.226. The van der Waals surface area contributed by atoms with E-state index in [0.717, 1.165) is 25.9 Å². The second kappa shape index (κ2) is 5.02. The van der Waals surface area contributed by atoms with Gasteiger partial charge in [0.2, 0.25) is 0 Å². The third-order valence-electron chi connectivity index (χ3n) is 3.16. The van der Waals surface area contributed by atoms with Crippen molar-refractivity contribution in [1.29, 1.82) is 0 Å². The molecule has 0 unspecified atom stereocenters. The van der Waals surface area contributed by atoms with E-state index in [1.165, 1.54) is 6.07 Å². The van der Waals surface area contributed by atoms with Gasteiger partial charge in [0.15, 0.2) is 0 Å². The highest BCUT2D eigenvalue weighted by Crippen LogP contribution is 2.30. The molecule has 1 aromatic carbocycles. The fourth-order valence-electron chi connectivity index (χ4n) is 2.18. The van der Waals surface area contributed by atoms with Crippen LogP contribution >= 0.6 is 11.6 Å². The Morgan fingerprint density at radius 2 is 2.06 bits per heavy atom. The molecule has 1 aliphatic heterocycles. The Hall–Kier alpha value is -0.800. The number of piperidine rings is 1. The van der Waals surface area contributed by atoms with Crippen LogP contribution in [0.4, 0.5) is 10.1 Å². The van der Waals surface area contributed by atoms with E-state index in [1.807, 2.05) is 11.9 Å². The number of para-hydroxylation sites is 1. The van der Waals surface area contributed by atoms with Gasteiger partial charge in [0.25, 0.3) is 0 Å². The molecule has 1 heterocycles. The minimum absolute atomic E-state index is 0.226. The van der Waals surface area contributed by atoms with Crippen molar-refractivity contribution >= 4 is 17.3 Å². The van der Waals surface area contributed by atoms with Gasteiger partial charge in [-0.25, -0.2) is 4.39 Å². The number of nitrogens with one attached hydrogen (secondary N) is 1. The summed E-state index contributed by atoms with van der Waals surface area (Å²) in [6.07, 6.45) is 2.06. The molecule has 0 radical (unpaired) electrons. The average Bonchev–Trinajstić information content (AvgIpc) is 2.30. The third-order valence-corrected chi connectivity index (χ3v) is 3.46. The molecule has 1 saturated heterocycles. The maximum absolute atomic E-state index is 13.7. The molecule has 0 saturated carbocycles. The summed E-state index contributed by atoms with van der Waals surface area (Å²) in [4.78, 5) is 2.03. The number of halogens is 2. The molecule has 0 bridgehead atoms. The standard InChI is InChI=1S/C12H16ClFN2/c1-15-9-5-7-16(8-6-9)12-10(13)3-2-4-11(12)14/h2-4,9,15H,5-8H2,1H3. The van der Waals surface area contributed by atoms with Gasteiger partial charge in [0.05, 0.1) is 10.7 Å². The van der Waals surface area contributed by atoms with Crippen LogP contribution in [0.5, 0.6) is 0 Å². The van der Waals surface area contributed by atoms with Gasteiger partial charge in [-0.2, -0.15) is 0 Å². The lowest BCUT2D eigenvalue weighted by atomic mass is 10.0. The molecule has 0 amide bonds. The van der Waals surface area contributed by atoms with Gasteiger partial charge in [-0.3, -0.25) is 0 Å². The number of hydrogen-bond donors (Lipinski definition) is 1. The van der Waals surface area contributed by atoms with Crippen LogP contribution in [0.25, 0.3) is 0 Å². The second-order valence-electron chi connectivity index (χ2n) is 4.12. The number of benzene rings is 1. The number of nitrogens with zero attached hydrogens (tertiary/aromatic N) is 1. The van der Waals surface area contributed by atoms with Crippen molar-refractivity contribution in [2.75, 3.05) is 25.0 Å². The number of rotatable bonds is 2. The highest BCUT2D eigenvalue weighted by molar-refractivity contribution is 6.33. The van der Waals surface area contributed by atoms with Crippen LogP contribution in [0, 0.1) is 5.82 Å². The van der Waals surface area contributed by atoms with Crippen LogP contribution in [0.2, 0.25) is 5.02 Å². The molecule has 2 nitrogen and oxygen atoms in total. The van der Waals surface area contributed by atoms with Gasteiger partial charge in [-0.05, 0) is 32.0 Å². The zero-order valence-electron chi connectivity index (χ0n) is 9.34. The summed E-state index contributed by atoms with van der Waals surface area (Å²) < 4.78 is 13.7. The molecule has 1 aliphatic rings. The van der Waals surface area contributed by atoms with E-state index in [4.69, 9.17) is 11.6 Å². The van der Waals surface area contributed by atoms with Crippen LogP contribution in [-0.2, 0) is 0 Å². The maximum Gasteiger partial charge on any atom is 0.148 e. The molecule has 2 rings (SSSR count). The van der Waals surface area contributed by atoms with Crippen molar-refractivity contribution in [1.82, 2.24) is 5.32 Å². The molecule has 4 heteroatoms. The van der Waals surface area contributed by atoms with Crippen molar-refractivity contribution in [3.63, 3.8) is 0 Å². The quantitative estimate of drug-likeness (QED) is 0.858. The predicted molar refractivity (Wildman–Crippen MR) is 65.7 cm³/mol. The van der Waals surface area contributed by atoms with Crippen LogP contribution in [0.1, 0.15) is 12.8 Å². The van der Waals surface area contributed by atoms with Gasteiger partial charge in [-0.15, -0.1) is 0 Å². The summed E-state index contributed by atoms with van der Waals surface area (Å²) in [7, 11) is 1.97. The zero-order valence-corrected chi connectivity index (χ0v) is 10.1. The molecular formula is C12H16ClFN2. The van der Waals surface area contributed by atoms with E-state index in [0.29, 0.717) is 16.8 Å². The highest BCUT2D eigenvalue weighted by atomic mass is 35.5. The van der Waals surface area contributed by atoms with Crippen LogP contribution in [-0.4, -0.2) is 26.2 Å². The topological polar surface area (TPSA) is 15.3 Å². The Morgan fingerprint density at radius 3 is 2.62 bits per heavy atom. The van der Waals surface area contributed by atoms with Gasteiger partial charge in [0, 0.05) is 19.1 Å². The van der Waals surface area contributed by atoms with Crippen LogP contribution in [0.3, 0.4) is 0 Å². The Morgan fingerprint density at radius 1 is 1.38 bits per heavy atom. The lowest BCUT2D eigenvalue weighted by Crippen LogP contribution is -2.41. The Kier molecular flexibility index (Phi) is 3.66. The van der Waals surface area contributed by atoms with E-state index >= 15 is 0 Å². The van der Waals surface area contributed by atoms with Crippen molar-refractivity contribution in [3.05, 3.63) is 29.0 Å². The number of hydrogen-bond acceptors (Lipinski definition) is 2. The fraction of sp³-hybridized carbons (Fsp3) is 0.500. The van der Waals surface area contributed by atoms with Gasteiger partial charge < -0.3 is 10.2 Å². The summed E-state index contributed by atoms with van der Waals surface area (Å²) >= 11 is 6.04. The number of anilines is 1. The van der Waals surface area contributed by atoms with Crippen molar-refractivity contribution in [3.8, 4) is 0 Å². The molecule has 0 aromatic heterocycles. The van der Waals surface area contributed by atoms with E-state index in [-0.39, 0.29) is 5.82 Å². The maximum atomic E-state index is 13.7. The molecule has 88 valence electrons. The first kappa shape index (κ1) is 11.7. The summed E-state index contributed by atoms with van der Waals surface area (Å²) in [5.41, 5.74) is 0.554. The van der Waals surface area contributed by atoms with E-state index in [2.05, 4.69) is 5.32 Å². The summed E-state index contributed by atoms with van der Waals surface area (Å²) in [6, 6.07) is 5.39. The molecule has 0 atom stereocenters. The van der Waals surface area contributed by atoms with E-state index < -0.39 is 0 Å². The first-order chi connectivity index (χ1) is 7.72. The minimum Gasteiger partial charge on any atom is -0.368 e. The Balaban J connectivity index is 2.14. The third kappa shape index (κ3) is 2.30. The molecular weight excluding hydrogens is 227 g/mol. The van der Waals surface area contributed by atoms with Crippen LogP contribution in [0.15, 0.2) is 18.2 Å². The zero-order chi connectivity index (χ0) is 11.5. The van der Waals surface area contributed by atoms with Crippen molar-refractivity contribution in [2.24, 2.45) is 0 Å². The Labute approximate surface area is 100 Å². The molecule has 1 aromatic rings. The van der Waals surface area contributed by atoms with Gasteiger partial charge >= 0.3 is 0 Å². The average molecular weight is 243 g/mol. The van der Waals surface area contributed by atoms with E-state index in [9.17, 15) is 4.39 Å². The molecule has 0 aliphatic carbocycles. The summed E-state index contributed by atoms with van der Waals surface area (Å²) in [5, 5.41) is 3.75. The largest absolute Gasteiger partial charge is 0.368 e. The minimum atomic E-state index is -0.226. The lowest BCUT2D eigenvalue weighted by Gasteiger charge is -2.34. The Bertz CT molecular complexity index is 342. The van der Waals surface area contributed by atoms with E-state index in [1.54, 1.807) is 12.1 Å². The normalized spacial score (nSPS) is 17.8. The monoisotopic (exact) mass is 242 g/mol. The van der Waals surface area contributed by atoms with Crippen LogP contribution < -0.4 is 10.2 Å².